The van der Waals surface area contributed by atoms with Gasteiger partial charge in [-0.25, -0.2) is 0 Å². The third-order valence-electron chi connectivity index (χ3n) is 3.26. The van der Waals surface area contributed by atoms with Gasteiger partial charge in [0.05, 0.1) is 0 Å². The van der Waals surface area contributed by atoms with Crippen LogP contribution in [0.5, 0.6) is 0 Å². The van der Waals surface area contributed by atoms with Crippen LogP contribution in [0, 0.1) is 0 Å². The van der Waals surface area contributed by atoms with E-state index in [9.17, 15) is 0 Å². The number of hydrogen-bond donors (Lipinski definition) is 0. The van der Waals surface area contributed by atoms with Crippen molar-refractivity contribution in [2.45, 2.75) is 69.9 Å². The third kappa shape index (κ3) is 5.68. The van der Waals surface area contributed by atoms with E-state index in [0.29, 0.717) is 0 Å². The molecule has 0 aromatic carbocycles. The summed E-state index contributed by atoms with van der Waals surface area (Å²) in [6, 6.07) is 0. The van der Waals surface area contributed by atoms with Crippen molar-refractivity contribution < 1.29 is 0 Å². The van der Waals surface area contributed by atoms with Crippen LogP contribution in [-0.4, -0.2) is 12.3 Å². The molecule has 1 aliphatic carbocycles. The Balaban J connectivity index is 2.18. The molecule has 0 saturated heterocycles. The minimum atomic E-state index is 1.08. The van der Waals surface area contributed by atoms with Crippen molar-refractivity contribution >= 4 is 8.58 Å². The lowest BCUT2D eigenvalue weighted by atomic mass is 10.1. The van der Waals surface area contributed by atoms with E-state index in [1.54, 1.807) is 0 Å². The van der Waals surface area contributed by atoms with Gasteiger partial charge in [-0.2, -0.15) is 0 Å². The molecule has 0 aromatic rings. The first-order chi connectivity index (χ1) is 6.43. The average Bonchev–Trinajstić information content (AvgIpc) is 2.22. The summed E-state index contributed by atoms with van der Waals surface area (Å²) in [5.74, 6) is 0. The third-order valence-corrected chi connectivity index (χ3v) is 4.66. The minimum absolute atomic E-state index is 1.08. The molecule has 0 N–H and O–H groups in total. The van der Waals surface area contributed by atoms with E-state index in [2.05, 4.69) is 6.66 Å². The summed E-state index contributed by atoms with van der Waals surface area (Å²) in [6.45, 7) is 2.39. The highest BCUT2D eigenvalue weighted by Crippen LogP contribution is 2.27. The summed E-state index contributed by atoms with van der Waals surface area (Å²) < 4.78 is 0. The summed E-state index contributed by atoms with van der Waals surface area (Å²) >= 11 is 0. The molecule has 0 spiro atoms. The van der Waals surface area contributed by atoms with Crippen LogP contribution in [0.3, 0.4) is 0 Å². The topological polar surface area (TPSA) is 0 Å². The van der Waals surface area contributed by atoms with Crippen molar-refractivity contribution in [3.63, 3.8) is 0 Å². The molecule has 1 fully saturated rings. The fraction of sp³-hybridized carbons (Fsp3) is 1.00. The zero-order valence-electron chi connectivity index (χ0n) is 9.15. The Bertz CT molecular complexity index is 99.7. The SMILES string of the molecule is CPC1CCCCCCCCCC1. The molecule has 13 heavy (non-hydrogen) atoms. The van der Waals surface area contributed by atoms with Gasteiger partial charge < -0.3 is 0 Å². The van der Waals surface area contributed by atoms with Gasteiger partial charge in [0, 0.05) is 0 Å². The molecular weight excluding hydrogens is 175 g/mol. The lowest BCUT2D eigenvalue weighted by Gasteiger charge is -2.13. The lowest BCUT2D eigenvalue weighted by Crippen LogP contribution is -1.99. The van der Waals surface area contributed by atoms with Crippen LogP contribution < -0.4 is 0 Å². The summed E-state index contributed by atoms with van der Waals surface area (Å²) in [4.78, 5) is 0. The maximum absolute atomic E-state index is 2.39. The molecule has 1 atom stereocenters. The predicted octanol–water partition coefficient (Wildman–Crippen LogP) is 4.58. The van der Waals surface area contributed by atoms with Crippen molar-refractivity contribution in [1.82, 2.24) is 0 Å². The van der Waals surface area contributed by atoms with Crippen molar-refractivity contribution in [2.75, 3.05) is 6.66 Å². The quantitative estimate of drug-likeness (QED) is 0.543. The highest BCUT2D eigenvalue weighted by atomic mass is 31.1. The molecule has 1 saturated carbocycles. The smallest absolute Gasteiger partial charge is 0.0239 e. The molecule has 1 rings (SSSR count). The Morgan fingerprint density at radius 1 is 0.692 bits per heavy atom. The van der Waals surface area contributed by atoms with E-state index in [4.69, 9.17) is 0 Å². The molecule has 0 radical (unpaired) electrons. The van der Waals surface area contributed by atoms with Gasteiger partial charge in [-0.3, -0.25) is 0 Å². The van der Waals surface area contributed by atoms with Gasteiger partial charge in [-0.1, -0.05) is 51.4 Å². The fourth-order valence-electron chi connectivity index (χ4n) is 2.28. The van der Waals surface area contributed by atoms with E-state index in [1.165, 1.54) is 72.8 Å². The van der Waals surface area contributed by atoms with Gasteiger partial charge in [0.1, 0.15) is 0 Å². The van der Waals surface area contributed by atoms with Crippen LogP contribution >= 0.6 is 8.58 Å². The average molecular weight is 200 g/mol. The Morgan fingerprint density at radius 2 is 1.08 bits per heavy atom. The largest absolute Gasteiger partial charge is 0.122 e. The predicted molar refractivity (Wildman–Crippen MR) is 64.2 cm³/mol. The first-order valence-corrected chi connectivity index (χ1v) is 7.68. The molecule has 0 aliphatic heterocycles. The Labute approximate surface area is 85.7 Å². The van der Waals surface area contributed by atoms with Gasteiger partial charge in [-0.05, 0) is 25.2 Å². The first-order valence-electron chi connectivity index (χ1n) is 6.11. The fourth-order valence-corrected chi connectivity index (χ4v) is 3.26. The van der Waals surface area contributed by atoms with E-state index in [-0.39, 0.29) is 0 Å². The van der Waals surface area contributed by atoms with Crippen LogP contribution in [0.15, 0.2) is 0 Å². The van der Waals surface area contributed by atoms with E-state index >= 15 is 0 Å². The molecule has 0 amide bonds. The molecule has 1 heteroatoms. The number of rotatable bonds is 1. The molecule has 1 aliphatic rings. The van der Waals surface area contributed by atoms with Gasteiger partial charge in [0.2, 0.25) is 0 Å². The van der Waals surface area contributed by atoms with Crippen LogP contribution in [-0.2, 0) is 0 Å². The van der Waals surface area contributed by atoms with E-state index in [1.807, 2.05) is 0 Å². The second-order valence-electron chi connectivity index (χ2n) is 4.39. The first kappa shape index (κ1) is 11.5. The van der Waals surface area contributed by atoms with Crippen LogP contribution in [0.2, 0.25) is 0 Å². The maximum atomic E-state index is 2.39. The minimum Gasteiger partial charge on any atom is -0.122 e. The molecule has 0 aromatic heterocycles. The van der Waals surface area contributed by atoms with Crippen molar-refractivity contribution in [2.24, 2.45) is 0 Å². The van der Waals surface area contributed by atoms with E-state index in [0.717, 1.165) is 5.66 Å². The van der Waals surface area contributed by atoms with Crippen molar-refractivity contribution in [3.8, 4) is 0 Å². The Kier molecular flexibility index (Phi) is 6.90. The highest BCUT2D eigenvalue weighted by Gasteiger charge is 2.06. The second kappa shape index (κ2) is 7.80. The summed E-state index contributed by atoms with van der Waals surface area (Å²) in [5, 5.41) is 0. The summed E-state index contributed by atoms with van der Waals surface area (Å²) in [5.41, 5.74) is 1.08. The van der Waals surface area contributed by atoms with Crippen LogP contribution in [0.1, 0.15) is 64.2 Å². The van der Waals surface area contributed by atoms with Crippen LogP contribution in [0.25, 0.3) is 0 Å². The molecule has 1 unspecified atom stereocenters. The lowest BCUT2D eigenvalue weighted by molar-refractivity contribution is 0.585. The Morgan fingerprint density at radius 3 is 1.46 bits per heavy atom. The van der Waals surface area contributed by atoms with Gasteiger partial charge in [0.15, 0.2) is 0 Å². The van der Waals surface area contributed by atoms with Gasteiger partial charge in [0.25, 0.3) is 0 Å². The molecular formula is C12H25P. The van der Waals surface area contributed by atoms with E-state index < -0.39 is 0 Å². The van der Waals surface area contributed by atoms with Gasteiger partial charge >= 0.3 is 0 Å². The highest BCUT2D eigenvalue weighted by molar-refractivity contribution is 7.37. The van der Waals surface area contributed by atoms with Gasteiger partial charge in [-0.15, -0.1) is 8.58 Å². The monoisotopic (exact) mass is 200 g/mol. The zero-order chi connectivity index (χ0) is 9.36. The van der Waals surface area contributed by atoms with Crippen molar-refractivity contribution in [3.05, 3.63) is 0 Å². The summed E-state index contributed by atoms with van der Waals surface area (Å²) in [6.07, 6.45) is 15.1. The Hall–Kier alpha value is 0.430. The van der Waals surface area contributed by atoms with Crippen LogP contribution in [0.4, 0.5) is 0 Å². The molecule has 78 valence electrons. The molecule has 0 heterocycles. The second-order valence-corrected chi connectivity index (χ2v) is 5.79. The molecule has 0 bridgehead atoms. The normalized spacial score (nSPS) is 24.7. The number of hydrogen-bond acceptors (Lipinski definition) is 0. The zero-order valence-corrected chi connectivity index (χ0v) is 10.1. The standard InChI is InChI=1S/C12H25P/c1-13-12-10-8-6-4-2-3-5-7-9-11-12/h12-13H,2-11H2,1H3. The maximum Gasteiger partial charge on any atom is -0.0239 e. The molecule has 0 nitrogen and oxygen atoms in total. The summed E-state index contributed by atoms with van der Waals surface area (Å²) in [7, 11) is 1.19. The van der Waals surface area contributed by atoms with Crippen molar-refractivity contribution in [1.29, 1.82) is 0 Å².